The van der Waals surface area contributed by atoms with Gasteiger partial charge in [-0.25, -0.2) is 0 Å². The van der Waals surface area contributed by atoms with E-state index in [1.165, 1.54) is 44.7 Å². The summed E-state index contributed by atoms with van der Waals surface area (Å²) in [5, 5.41) is 2.16. The first-order valence-corrected chi connectivity index (χ1v) is 14.6. The summed E-state index contributed by atoms with van der Waals surface area (Å²) in [6.07, 6.45) is 15.4. The SMILES string of the molecule is CCN1/C(=C\C=C2\CC(C(C)(C)C)CC(/C=C/c3ccc4ccccc4[n+]3CC)=C2Cl)C=Cc2ccccc21. The average molecular weight is 536 g/mol. The maximum absolute atomic E-state index is 7.16. The number of aryl methyl sites for hydroxylation is 1. The molecule has 0 N–H and O–H groups in total. The van der Waals surface area contributed by atoms with Crippen LogP contribution in [0.1, 0.15) is 58.7 Å². The highest BCUT2D eigenvalue weighted by molar-refractivity contribution is 6.32. The Morgan fingerprint density at radius 1 is 0.897 bits per heavy atom. The molecule has 39 heavy (non-hydrogen) atoms. The van der Waals surface area contributed by atoms with Crippen molar-refractivity contribution in [1.29, 1.82) is 0 Å². The number of fused-ring (bicyclic) bond motifs is 2. The standard InChI is InChI=1S/C36H40ClN2/c1-6-38-31(20-16-26-12-8-10-14-33(26)38)22-18-28-24-30(36(3,4)5)25-29(35(28)37)19-23-32-21-17-27-13-9-11-15-34(27)39(32)7-2/h8-23,30H,6-7,24-25H2,1-5H3/q+1. The Kier molecular flexibility index (Phi) is 7.96. The predicted octanol–water partition coefficient (Wildman–Crippen LogP) is 9.47. The third kappa shape index (κ3) is 5.68. The molecule has 0 saturated carbocycles. The van der Waals surface area contributed by atoms with E-state index in [0.29, 0.717) is 5.92 Å². The average Bonchev–Trinajstić information content (AvgIpc) is 2.94. The van der Waals surface area contributed by atoms with Crippen molar-refractivity contribution in [3.63, 3.8) is 0 Å². The van der Waals surface area contributed by atoms with Gasteiger partial charge in [-0.1, -0.05) is 80.9 Å². The Morgan fingerprint density at radius 2 is 1.67 bits per heavy atom. The van der Waals surface area contributed by atoms with E-state index >= 15 is 0 Å². The minimum atomic E-state index is 0.189. The highest BCUT2D eigenvalue weighted by Crippen LogP contribution is 2.44. The number of pyridine rings is 1. The zero-order valence-electron chi connectivity index (χ0n) is 23.9. The monoisotopic (exact) mass is 535 g/mol. The molecule has 3 aromatic rings. The molecule has 200 valence electrons. The van der Waals surface area contributed by atoms with E-state index in [0.717, 1.165) is 31.0 Å². The van der Waals surface area contributed by atoms with Crippen molar-refractivity contribution in [2.24, 2.45) is 11.3 Å². The van der Waals surface area contributed by atoms with Crippen LogP contribution in [0.5, 0.6) is 0 Å². The lowest BCUT2D eigenvalue weighted by molar-refractivity contribution is -0.669. The highest BCUT2D eigenvalue weighted by atomic mass is 35.5. The molecule has 5 rings (SSSR count). The van der Waals surface area contributed by atoms with Crippen LogP contribution in [0.15, 0.2) is 107 Å². The number of aromatic nitrogens is 1. The molecule has 2 nitrogen and oxygen atoms in total. The van der Waals surface area contributed by atoms with Gasteiger partial charge in [-0.3, -0.25) is 0 Å². The summed E-state index contributed by atoms with van der Waals surface area (Å²) in [5.74, 6) is 0.518. The zero-order valence-corrected chi connectivity index (χ0v) is 24.7. The number of para-hydroxylation sites is 2. The lowest BCUT2D eigenvalue weighted by Crippen LogP contribution is -2.36. The van der Waals surface area contributed by atoms with Gasteiger partial charge < -0.3 is 4.90 Å². The fourth-order valence-electron chi connectivity index (χ4n) is 5.81. The summed E-state index contributed by atoms with van der Waals surface area (Å²) in [7, 11) is 0. The molecule has 2 aliphatic rings. The van der Waals surface area contributed by atoms with Crippen LogP contribution in [0.2, 0.25) is 0 Å². The lowest BCUT2D eigenvalue weighted by Gasteiger charge is -2.35. The third-order valence-electron chi connectivity index (χ3n) is 8.21. The Labute approximate surface area is 239 Å². The van der Waals surface area contributed by atoms with Gasteiger partial charge in [-0.05, 0) is 85.1 Å². The molecule has 1 unspecified atom stereocenters. The molecule has 1 aliphatic carbocycles. The van der Waals surface area contributed by atoms with Gasteiger partial charge in [0, 0.05) is 46.6 Å². The minimum absolute atomic E-state index is 0.189. The van der Waals surface area contributed by atoms with Crippen LogP contribution in [0.3, 0.4) is 0 Å². The number of hydrogen-bond donors (Lipinski definition) is 0. The quantitative estimate of drug-likeness (QED) is 0.295. The topological polar surface area (TPSA) is 7.12 Å². The Balaban J connectivity index is 1.52. The van der Waals surface area contributed by atoms with Crippen LogP contribution in [-0.2, 0) is 6.54 Å². The van der Waals surface area contributed by atoms with E-state index in [4.69, 9.17) is 11.6 Å². The second-order valence-electron chi connectivity index (χ2n) is 11.6. The number of hydrogen-bond acceptors (Lipinski definition) is 1. The summed E-state index contributed by atoms with van der Waals surface area (Å²) >= 11 is 7.16. The second-order valence-corrected chi connectivity index (χ2v) is 12.0. The van der Waals surface area contributed by atoms with Gasteiger partial charge in [0.2, 0.25) is 11.2 Å². The normalized spacial score (nSPS) is 20.1. The van der Waals surface area contributed by atoms with Gasteiger partial charge in [-0.15, -0.1) is 0 Å². The van der Waals surface area contributed by atoms with Gasteiger partial charge >= 0.3 is 0 Å². The van der Waals surface area contributed by atoms with Crippen molar-refractivity contribution in [2.45, 2.75) is 54.0 Å². The van der Waals surface area contributed by atoms with Gasteiger partial charge in [0.05, 0.1) is 0 Å². The number of likely N-dealkylation sites (N-methyl/N-ethyl adjacent to an activating group) is 1. The van der Waals surface area contributed by atoms with Gasteiger partial charge in [-0.2, -0.15) is 4.57 Å². The first-order valence-electron chi connectivity index (χ1n) is 14.2. The van der Waals surface area contributed by atoms with Gasteiger partial charge in [0.25, 0.3) is 0 Å². The van der Waals surface area contributed by atoms with E-state index in [9.17, 15) is 0 Å². The van der Waals surface area contributed by atoms with Gasteiger partial charge in [0.1, 0.15) is 6.54 Å². The number of benzene rings is 2. The Morgan fingerprint density at radius 3 is 2.44 bits per heavy atom. The van der Waals surface area contributed by atoms with Crippen molar-refractivity contribution in [2.75, 3.05) is 11.4 Å². The number of anilines is 1. The minimum Gasteiger partial charge on any atom is -0.341 e. The Hall–Kier alpha value is -3.36. The molecular weight excluding hydrogens is 496 g/mol. The first-order chi connectivity index (χ1) is 18.8. The molecule has 1 atom stereocenters. The summed E-state index contributed by atoms with van der Waals surface area (Å²) in [4.78, 5) is 2.37. The van der Waals surface area contributed by atoms with E-state index in [1.807, 2.05) is 0 Å². The summed E-state index contributed by atoms with van der Waals surface area (Å²) < 4.78 is 2.37. The maximum atomic E-state index is 7.16. The van der Waals surface area contributed by atoms with Crippen LogP contribution in [0.25, 0.3) is 23.1 Å². The fourth-order valence-corrected chi connectivity index (χ4v) is 6.09. The van der Waals surface area contributed by atoms with E-state index in [1.54, 1.807) is 0 Å². The second kappa shape index (κ2) is 11.4. The Bertz CT molecular complexity index is 1530. The molecule has 0 bridgehead atoms. The van der Waals surface area contributed by atoms with Crippen molar-refractivity contribution >= 4 is 40.3 Å². The molecule has 0 saturated heterocycles. The summed E-state index contributed by atoms with van der Waals surface area (Å²) in [6, 6.07) is 21.6. The number of allylic oxidation sites excluding steroid dienone is 7. The highest BCUT2D eigenvalue weighted by Gasteiger charge is 2.31. The largest absolute Gasteiger partial charge is 0.341 e. The first kappa shape index (κ1) is 27.2. The lowest BCUT2D eigenvalue weighted by atomic mass is 9.71. The molecule has 3 heteroatoms. The van der Waals surface area contributed by atoms with E-state index < -0.39 is 0 Å². The maximum Gasteiger partial charge on any atom is 0.212 e. The van der Waals surface area contributed by atoms with Crippen molar-refractivity contribution in [1.82, 2.24) is 0 Å². The molecule has 1 aromatic heterocycles. The van der Waals surface area contributed by atoms with E-state index in [2.05, 4.69) is 141 Å². The molecule has 2 heterocycles. The predicted molar refractivity (Wildman–Crippen MR) is 169 cm³/mol. The summed E-state index contributed by atoms with van der Waals surface area (Å²) in [6.45, 7) is 13.3. The zero-order chi connectivity index (χ0) is 27.6. The molecule has 0 spiro atoms. The number of nitrogens with zero attached hydrogens (tertiary/aromatic N) is 2. The number of halogens is 1. The molecular formula is C36H40ClN2+. The van der Waals surface area contributed by atoms with Crippen molar-refractivity contribution < 1.29 is 4.57 Å². The van der Waals surface area contributed by atoms with Crippen LogP contribution in [0.4, 0.5) is 5.69 Å². The molecule has 2 aromatic carbocycles. The fraction of sp³-hybridized carbons (Fsp3) is 0.306. The van der Waals surface area contributed by atoms with E-state index in [-0.39, 0.29) is 5.41 Å². The smallest absolute Gasteiger partial charge is 0.212 e. The van der Waals surface area contributed by atoms with Crippen LogP contribution in [-0.4, -0.2) is 6.54 Å². The van der Waals surface area contributed by atoms with Crippen LogP contribution >= 0.6 is 11.6 Å². The van der Waals surface area contributed by atoms with Crippen LogP contribution in [0, 0.1) is 11.3 Å². The summed E-state index contributed by atoms with van der Waals surface area (Å²) in [5.41, 5.74) is 8.81. The number of rotatable bonds is 5. The van der Waals surface area contributed by atoms with Crippen LogP contribution < -0.4 is 9.47 Å². The van der Waals surface area contributed by atoms with Crippen molar-refractivity contribution in [3.05, 3.63) is 118 Å². The molecule has 1 aliphatic heterocycles. The van der Waals surface area contributed by atoms with Gasteiger partial charge in [0.15, 0.2) is 0 Å². The van der Waals surface area contributed by atoms with Crippen molar-refractivity contribution in [3.8, 4) is 0 Å². The molecule has 0 amide bonds. The third-order valence-corrected chi connectivity index (χ3v) is 8.70. The molecule has 0 radical (unpaired) electrons. The molecule has 0 fully saturated rings.